The van der Waals surface area contributed by atoms with Crippen molar-refractivity contribution >= 4 is 39.0 Å². The highest BCUT2D eigenvalue weighted by Crippen LogP contribution is 2.34. The third-order valence-corrected chi connectivity index (χ3v) is 4.42. The average molecular weight is 338 g/mol. The van der Waals surface area contributed by atoms with Crippen molar-refractivity contribution in [3.05, 3.63) is 21.9 Å². The fraction of sp³-hybridized carbons (Fsp3) is 0.455. The molecule has 1 atom stereocenters. The van der Waals surface area contributed by atoms with Gasteiger partial charge in [0, 0.05) is 11.4 Å². The molecule has 2 heterocycles. The van der Waals surface area contributed by atoms with E-state index in [-0.39, 0.29) is 17.7 Å². The van der Waals surface area contributed by atoms with Crippen LogP contribution in [0.3, 0.4) is 0 Å². The summed E-state index contributed by atoms with van der Waals surface area (Å²) in [7, 11) is 0. The summed E-state index contributed by atoms with van der Waals surface area (Å²) in [5.41, 5.74) is 0.685. The van der Waals surface area contributed by atoms with Crippen LogP contribution in [-0.2, 0) is 16.0 Å². The van der Waals surface area contributed by atoms with Crippen LogP contribution in [0.25, 0.3) is 0 Å². The topological polar surface area (TPSA) is 37.4 Å². The van der Waals surface area contributed by atoms with Gasteiger partial charge in [0.05, 0.1) is 5.33 Å². The third kappa shape index (κ3) is 2.33. The second-order valence-corrected chi connectivity index (χ2v) is 5.45. The number of thiophene rings is 1. The summed E-state index contributed by atoms with van der Waals surface area (Å²) < 4.78 is 25.1. The lowest BCUT2D eigenvalue weighted by molar-refractivity contribution is -0.149. The largest absolute Gasteiger partial charge is 0.323 e. The Labute approximate surface area is 115 Å². The Morgan fingerprint density at radius 3 is 2.89 bits per heavy atom. The van der Waals surface area contributed by atoms with Crippen molar-refractivity contribution in [2.45, 2.75) is 18.9 Å². The Hall–Kier alpha value is -0.820. The van der Waals surface area contributed by atoms with Crippen LogP contribution in [-0.4, -0.2) is 34.9 Å². The first-order chi connectivity index (χ1) is 8.56. The monoisotopic (exact) mass is 337 g/mol. The predicted octanol–water partition coefficient (Wildman–Crippen LogP) is 2.40. The molecule has 0 bridgehead atoms. The maximum absolute atomic E-state index is 12.5. The van der Waals surface area contributed by atoms with E-state index >= 15 is 0 Å². The number of nitrogens with zero attached hydrogens (tertiary/aromatic N) is 1. The van der Waals surface area contributed by atoms with Crippen LogP contribution in [0.15, 0.2) is 11.4 Å². The van der Waals surface area contributed by atoms with Crippen LogP contribution in [0.2, 0.25) is 0 Å². The van der Waals surface area contributed by atoms with Crippen LogP contribution >= 0.6 is 27.3 Å². The fourth-order valence-corrected chi connectivity index (χ4v) is 3.31. The number of carbonyl (C=O) groups is 2. The van der Waals surface area contributed by atoms with E-state index in [9.17, 15) is 18.4 Å². The predicted molar refractivity (Wildman–Crippen MR) is 67.3 cm³/mol. The highest BCUT2D eigenvalue weighted by atomic mass is 79.9. The number of amides is 1. The smallest absolute Gasteiger partial charge is 0.315 e. The first-order valence-corrected chi connectivity index (χ1v) is 7.30. The molecule has 7 heteroatoms. The molecule has 18 heavy (non-hydrogen) atoms. The molecule has 2 rings (SSSR count). The molecule has 1 aromatic heterocycles. The molecule has 0 spiro atoms. The minimum absolute atomic E-state index is 0.0416. The minimum Gasteiger partial charge on any atom is -0.323 e. The van der Waals surface area contributed by atoms with Crippen LogP contribution in [0.5, 0.6) is 0 Å². The standard InChI is InChI=1S/C11H10BrF2NO2S/c12-5-7(16)9-6-2-4-18-8(6)1-3-15(9)11(17)10(13)14/h2,4,9-10H,1,3,5H2. The molecular formula is C11H10BrF2NO2S. The first kappa shape index (κ1) is 13.6. The van der Waals surface area contributed by atoms with Gasteiger partial charge in [-0.3, -0.25) is 9.59 Å². The second-order valence-electron chi connectivity index (χ2n) is 3.88. The number of fused-ring (bicyclic) bond motifs is 1. The third-order valence-electron chi connectivity index (χ3n) is 2.87. The number of carbonyl (C=O) groups excluding carboxylic acids is 2. The van der Waals surface area contributed by atoms with Crippen molar-refractivity contribution in [1.82, 2.24) is 4.90 Å². The number of rotatable bonds is 3. The van der Waals surface area contributed by atoms with E-state index in [1.54, 1.807) is 6.07 Å². The van der Waals surface area contributed by atoms with Gasteiger partial charge in [0.15, 0.2) is 5.78 Å². The maximum atomic E-state index is 12.5. The lowest BCUT2D eigenvalue weighted by atomic mass is 9.97. The van der Waals surface area contributed by atoms with Crippen LogP contribution in [0.1, 0.15) is 16.5 Å². The molecule has 0 radical (unpaired) electrons. The van der Waals surface area contributed by atoms with Crippen molar-refractivity contribution in [2.24, 2.45) is 0 Å². The molecule has 0 fully saturated rings. The maximum Gasteiger partial charge on any atom is 0.315 e. The van der Waals surface area contributed by atoms with Gasteiger partial charge in [-0.1, -0.05) is 15.9 Å². The first-order valence-electron chi connectivity index (χ1n) is 5.29. The van der Waals surface area contributed by atoms with Crippen molar-refractivity contribution in [3.63, 3.8) is 0 Å². The quantitative estimate of drug-likeness (QED) is 0.794. The van der Waals surface area contributed by atoms with Gasteiger partial charge in [-0.15, -0.1) is 11.3 Å². The van der Waals surface area contributed by atoms with E-state index in [0.717, 1.165) is 9.78 Å². The minimum atomic E-state index is -3.07. The van der Waals surface area contributed by atoms with Gasteiger partial charge in [0.1, 0.15) is 6.04 Å². The van der Waals surface area contributed by atoms with E-state index in [2.05, 4.69) is 15.9 Å². The zero-order valence-corrected chi connectivity index (χ0v) is 11.6. The van der Waals surface area contributed by atoms with Gasteiger partial charge in [-0.2, -0.15) is 8.78 Å². The van der Waals surface area contributed by atoms with Crippen molar-refractivity contribution < 1.29 is 18.4 Å². The molecule has 0 aliphatic carbocycles. The molecule has 1 aliphatic heterocycles. The summed E-state index contributed by atoms with van der Waals surface area (Å²) in [6, 6.07) is 0.858. The highest BCUT2D eigenvalue weighted by molar-refractivity contribution is 9.09. The van der Waals surface area contributed by atoms with Crippen molar-refractivity contribution in [1.29, 1.82) is 0 Å². The van der Waals surface area contributed by atoms with Crippen molar-refractivity contribution in [2.75, 3.05) is 11.9 Å². The van der Waals surface area contributed by atoms with E-state index in [1.807, 2.05) is 5.38 Å². The van der Waals surface area contributed by atoms with Gasteiger partial charge >= 0.3 is 6.43 Å². The van der Waals surface area contributed by atoms with Crippen LogP contribution in [0.4, 0.5) is 8.78 Å². The lowest BCUT2D eigenvalue weighted by Gasteiger charge is -2.34. The van der Waals surface area contributed by atoms with Gasteiger partial charge < -0.3 is 4.90 Å². The average Bonchev–Trinajstić information content (AvgIpc) is 2.83. The van der Waals surface area contributed by atoms with Crippen molar-refractivity contribution in [3.8, 4) is 0 Å². The van der Waals surface area contributed by atoms with Crippen LogP contribution < -0.4 is 0 Å². The molecular weight excluding hydrogens is 328 g/mol. The zero-order valence-electron chi connectivity index (χ0n) is 9.24. The van der Waals surface area contributed by atoms with Crippen LogP contribution in [0, 0.1) is 0 Å². The molecule has 1 unspecified atom stereocenters. The summed E-state index contributed by atoms with van der Waals surface area (Å²) in [6.07, 6.45) is -2.55. The number of hydrogen-bond acceptors (Lipinski definition) is 3. The fourth-order valence-electron chi connectivity index (χ4n) is 2.10. The molecule has 0 N–H and O–H groups in total. The normalized spacial score (nSPS) is 18.9. The number of alkyl halides is 3. The number of hydrogen-bond donors (Lipinski definition) is 0. The summed E-state index contributed by atoms with van der Waals surface area (Å²) in [5, 5.41) is 1.86. The molecule has 1 aliphatic rings. The Morgan fingerprint density at radius 2 is 2.28 bits per heavy atom. The summed E-state index contributed by atoms with van der Waals surface area (Å²) in [4.78, 5) is 25.3. The molecule has 98 valence electrons. The Bertz CT molecular complexity index is 477. The van der Waals surface area contributed by atoms with Gasteiger partial charge in [0.2, 0.25) is 0 Å². The molecule has 0 aromatic carbocycles. The number of ketones is 1. The number of halogens is 3. The Morgan fingerprint density at radius 1 is 1.56 bits per heavy atom. The molecule has 0 saturated heterocycles. The second kappa shape index (κ2) is 5.44. The molecule has 1 amide bonds. The van der Waals surface area contributed by atoms with Gasteiger partial charge in [-0.25, -0.2) is 0 Å². The summed E-state index contributed by atoms with van der Waals surface area (Å²) in [5.74, 6) is -1.55. The van der Waals surface area contributed by atoms with E-state index in [1.165, 1.54) is 11.3 Å². The Balaban J connectivity index is 2.37. The Kier molecular flexibility index (Phi) is 4.11. The lowest BCUT2D eigenvalue weighted by Crippen LogP contribution is -2.45. The summed E-state index contributed by atoms with van der Waals surface area (Å²) in [6.45, 7) is 0.167. The highest BCUT2D eigenvalue weighted by Gasteiger charge is 2.38. The van der Waals surface area contributed by atoms with Gasteiger partial charge in [0.25, 0.3) is 5.91 Å². The van der Waals surface area contributed by atoms with E-state index < -0.39 is 18.4 Å². The van der Waals surface area contributed by atoms with E-state index in [0.29, 0.717) is 12.0 Å². The van der Waals surface area contributed by atoms with Gasteiger partial charge in [-0.05, 0) is 23.4 Å². The molecule has 1 aromatic rings. The molecule has 0 saturated carbocycles. The summed E-state index contributed by atoms with van der Waals surface area (Å²) >= 11 is 4.52. The zero-order chi connectivity index (χ0) is 13.3. The van der Waals surface area contributed by atoms with E-state index in [4.69, 9.17) is 0 Å². The molecule has 3 nitrogen and oxygen atoms in total. The number of Topliss-reactive ketones (excluding diaryl/α,β-unsaturated/α-hetero) is 1. The SMILES string of the molecule is O=C(CBr)C1c2ccsc2CCN1C(=O)C(F)F.